The van der Waals surface area contributed by atoms with Crippen LogP contribution in [0.3, 0.4) is 0 Å². The molecule has 1 saturated carbocycles. The minimum absolute atomic E-state index is 0.213. The molecule has 0 aliphatic heterocycles. The molecule has 138 valence electrons. The number of nitrogens with zero attached hydrogens (tertiary/aromatic N) is 2. The van der Waals surface area contributed by atoms with Crippen LogP contribution in [0, 0.1) is 17.7 Å². The number of hydrogen-bond acceptors (Lipinski definition) is 3. The number of rotatable bonds is 8. The van der Waals surface area contributed by atoms with E-state index in [9.17, 15) is 4.39 Å². The van der Waals surface area contributed by atoms with E-state index in [-0.39, 0.29) is 5.82 Å². The van der Waals surface area contributed by atoms with Crippen LogP contribution in [-0.4, -0.2) is 13.2 Å². The summed E-state index contributed by atoms with van der Waals surface area (Å²) in [5.41, 5.74) is 2.23. The Labute approximate surface area is 155 Å². The van der Waals surface area contributed by atoms with E-state index in [1.165, 1.54) is 43.4 Å². The molecule has 2 aromatic carbocycles. The second kappa shape index (κ2) is 10.2. The van der Waals surface area contributed by atoms with Crippen molar-refractivity contribution in [3.63, 3.8) is 0 Å². The Kier molecular flexibility index (Phi) is 7.32. The van der Waals surface area contributed by atoms with Gasteiger partial charge in [0.1, 0.15) is 5.82 Å². The van der Waals surface area contributed by atoms with Crippen LogP contribution in [0.4, 0.5) is 4.39 Å². The first kappa shape index (κ1) is 18.7. The van der Waals surface area contributed by atoms with Crippen molar-refractivity contribution in [2.45, 2.75) is 38.8 Å². The first-order valence-electron chi connectivity index (χ1n) is 9.49. The van der Waals surface area contributed by atoms with Gasteiger partial charge in [-0.25, -0.2) is 4.39 Å². The maximum Gasteiger partial charge on any atom is 0.123 e. The number of halogens is 1. The number of ether oxygens (including phenoxy) is 1. The molecule has 0 N–H and O–H groups in total. The van der Waals surface area contributed by atoms with Crippen molar-refractivity contribution in [3.05, 3.63) is 71.5 Å². The summed E-state index contributed by atoms with van der Waals surface area (Å²) in [5.74, 6) is 1.10. The molecular weight excluding hydrogens is 327 g/mol. The Bertz CT molecular complexity index is 664. The monoisotopic (exact) mass is 354 g/mol. The Hall–Kier alpha value is -2.07. The first-order chi connectivity index (χ1) is 12.8. The maximum atomic E-state index is 12.9. The summed E-state index contributed by atoms with van der Waals surface area (Å²) in [6.07, 6.45) is 4.84. The zero-order valence-electron chi connectivity index (χ0n) is 15.2. The third kappa shape index (κ3) is 6.34. The Morgan fingerprint density at radius 2 is 1.50 bits per heavy atom. The normalized spacial score (nSPS) is 20.5. The van der Waals surface area contributed by atoms with Gasteiger partial charge in [0.25, 0.3) is 0 Å². The van der Waals surface area contributed by atoms with E-state index >= 15 is 0 Å². The number of hydrogen-bond donors (Lipinski definition) is 0. The SMILES string of the molecule is Fc1ccc(CN=NCC2CCC(COCc3ccccc3)CC2)cc1. The van der Waals surface area contributed by atoms with Crippen LogP contribution in [-0.2, 0) is 17.9 Å². The van der Waals surface area contributed by atoms with Gasteiger partial charge in [0, 0.05) is 6.61 Å². The van der Waals surface area contributed by atoms with Gasteiger partial charge in [0.15, 0.2) is 0 Å². The standard InChI is InChI=1S/C22H27FN2O/c23-22-12-10-19(11-13-22)15-25-24-14-18-6-8-21(9-7-18)17-26-16-20-4-2-1-3-5-20/h1-5,10-13,18,21H,6-9,14-17H2. The van der Waals surface area contributed by atoms with Crippen LogP contribution in [0.25, 0.3) is 0 Å². The fourth-order valence-corrected chi connectivity index (χ4v) is 3.39. The van der Waals surface area contributed by atoms with Gasteiger partial charge in [-0.15, -0.1) is 0 Å². The third-order valence-corrected chi connectivity index (χ3v) is 5.04. The van der Waals surface area contributed by atoms with Gasteiger partial charge in [-0.2, -0.15) is 10.2 Å². The highest BCUT2D eigenvalue weighted by Gasteiger charge is 2.21. The molecule has 0 heterocycles. The van der Waals surface area contributed by atoms with E-state index in [2.05, 4.69) is 34.5 Å². The van der Waals surface area contributed by atoms with Crippen molar-refractivity contribution >= 4 is 0 Å². The van der Waals surface area contributed by atoms with E-state index in [0.29, 0.717) is 25.0 Å². The van der Waals surface area contributed by atoms with Gasteiger partial charge < -0.3 is 4.74 Å². The average molecular weight is 354 g/mol. The van der Waals surface area contributed by atoms with Gasteiger partial charge >= 0.3 is 0 Å². The van der Waals surface area contributed by atoms with Crippen LogP contribution in [0.15, 0.2) is 64.8 Å². The predicted molar refractivity (Wildman–Crippen MR) is 101 cm³/mol. The highest BCUT2D eigenvalue weighted by atomic mass is 19.1. The fraction of sp³-hybridized carbons (Fsp3) is 0.455. The van der Waals surface area contributed by atoms with Crippen molar-refractivity contribution in [3.8, 4) is 0 Å². The smallest absolute Gasteiger partial charge is 0.123 e. The highest BCUT2D eigenvalue weighted by molar-refractivity contribution is 5.15. The van der Waals surface area contributed by atoms with Gasteiger partial charge in [0.05, 0.1) is 19.7 Å². The summed E-state index contributed by atoms with van der Waals surface area (Å²) in [6.45, 7) is 2.90. The van der Waals surface area contributed by atoms with Crippen LogP contribution in [0.1, 0.15) is 36.8 Å². The molecule has 1 aliphatic carbocycles. The van der Waals surface area contributed by atoms with Gasteiger partial charge in [-0.05, 0) is 60.8 Å². The van der Waals surface area contributed by atoms with Crippen molar-refractivity contribution in [2.75, 3.05) is 13.2 Å². The molecule has 3 rings (SSSR count). The molecule has 0 atom stereocenters. The molecule has 0 saturated heterocycles. The molecule has 4 heteroatoms. The van der Waals surface area contributed by atoms with Gasteiger partial charge in [-0.3, -0.25) is 0 Å². The summed E-state index contributed by atoms with van der Waals surface area (Å²) in [7, 11) is 0. The molecule has 0 bridgehead atoms. The molecule has 2 aromatic rings. The summed E-state index contributed by atoms with van der Waals surface area (Å²) < 4.78 is 18.7. The van der Waals surface area contributed by atoms with Crippen molar-refractivity contribution in [2.24, 2.45) is 22.1 Å². The van der Waals surface area contributed by atoms with E-state index < -0.39 is 0 Å². The molecule has 0 unspecified atom stereocenters. The first-order valence-corrected chi connectivity index (χ1v) is 9.49. The lowest BCUT2D eigenvalue weighted by Gasteiger charge is -2.27. The lowest BCUT2D eigenvalue weighted by Crippen LogP contribution is -2.20. The number of benzene rings is 2. The zero-order chi connectivity index (χ0) is 18.0. The molecule has 1 aliphatic rings. The third-order valence-electron chi connectivity index (χ3n) is 5.04. The Balaban J connectivity index is 1.28. The Morgan fingerprint density at radius 3 is 2.23 bits per heavy atom. The van der Waals surface area contributed by atoms with E-state index in [1.54, 1.807) is 12.1 Å². The molecule has 0 aromatic heterocycles. The van der Waals surface area contributed by atoms with E-state index in [0.717, 1.165) is 18.7 Å². The summed E-state index contributed by atoms with van der Waals surface area (Å²) in [4.78, 5) is 0. The fourth-order valence-electron chi connectivity index (χ4n) is 3.39. The van der Waals surface area contributed by atoms with Gasteiger partial charge in [-0.1, -0.05) is 42.5 Å². The number of azo groups is 1. The summed E-state index contributed by atoms with van der Waals surface area (Å²) >= 11 is 0. The predicted octanol–water partition coefficient (Wildman–Crippen LogP) is 5.80. The molecule has 0 spiro atoms. The van der Waals surface area contributed by atoms with Gasteiger partial charge in [0.2, 0.25) is 0 Å². The minimum Gasteiger partial charge on any atom is -0.376 e. The molecule has 0 radical (unpaired) electrons. The molecule has 0 amide bonds. The van der Waals surface area contributed by atoms with E-state index in [1.807, 2.05) is 6.07 Å². The minimum atomic E-state index is -0.213. The van der Waals surface area contributed by atoms with Crippen molar-refractivity contribution in [1.82, 2.24) is 0 Å². The molecule has 3 nitrogen and oxygen atoms in total. The van der Waals surface area contributed by atoms with Crippen molar-refractivity contribution < 1.29 is 9.13 Å². The Morgan fingerprint density at radius 1 is 0.808 bits per heavy atom. The average Bonchev–Trinajstić information content (AvgIpc) is 2.69. The zero-order valence-corrected chi connectivity index (χ0v) is 15.2. The van der Waals surface area contributed by atoms with E-state index in [4.69, 9.17) is 4.74 Å². The topological polar surface area (TPSA) is 34.0 Å². The molecular formula is C22H27FN2O. The van der Waals surface area contributed by atoms with Crippen LogP contribution in [0.5, 0.6) is 0 Å². The molecule has 1 fully saturated rings. The molecule has 26 heavy (non-hydrogen) atoms. The second-order valence-electron chi connectivity index (χ2n) is 7.14. The second-order valence-corrected chi connectivity index (χ2v) is 7.14. The highest BCUT2D eigenvalue weighted by Crippen LogP contribution is 2.29. The lowest BCUT2D eigenvalue weighted by molar-refractivity contribution is 0.0676. The summed E-state index contributed by atoms with van der Waals surface area (Å²) in [5, 5.41) is 8.59. The van der Waals surface area contributed by atoms with Crippen LogP contribution in [0.2, 0.25) is 0 Å². The summed E-state index contributed by atoms with van der Waals surface area (Å²) in [6, 6.07) is 16.8. The maximum absolute atomic E-state index is 12.9. The van der Waals surface area contributed by atoms with Crippen LogP contribution < -0.4 is 0 Å². The largest absolute Gasteiger partial charge is 0.376 e. The quantitative estimate of drug-likeness (QED) is 0.552. The van der Waals surface area contributed by atoms with Crippen LogP contribution >= 0.6 is 0 Å². The lowest BCUT2D eigenvalue weighted by atomic mass is 9.82. The van der Waals surface area contributed by atoms with Crippen molar-refractivity contribution in [1.29, 1.82) is 0 Å².